The van der Waals surface area contributed by atoms with Gasteiger partial charge in [0.05, 0.1) is 5.69 Å². The lowest BCUT2D eigenvalue weighted by Crippen LogP contribution is -2.05. The monoisotopic (exact) mass is 286 g/mol. The highest BCUT2D eigenvalue weighted by Gasteiger charge is 2.24. The molecule has 2 rings (SSSR count). The van der Waals surface area contributed by atoms with E-state index in [1.807, 2.05) is 32.9 Å². The zero-order valence-corrected chi connectivity index (χ0v) is 12.1. The van der Waals surface area contributed by atoms with Crippen LogP contribution in [0.1, 0.15) is 25.2 Å². The Balaban J connectivity index is 2.83. The molecular weight excluding hydrogens is 272 g/mol. The minimum Gasteiger partial charge on any atom is -0.286 e. The molecule has 2 heterocycles. The molecule has 0 saturated carbocycles. The summed E-state index contributed by atoms with van der Waals surface area (Å²) >= 11 is 0. The fraction of sp³-hybridized carbons (Fsp3) is 0.417. The predicted octanol–water partition coefficient (Wildman–Crippen LogP) is 2.77. The van der Waals surface area contributed by atoms with E-state index >= 15 is 0 Å². The first-order valence-corrected chi connectivity index (χ1v) is 8.03. The largest absolute Gasteiger partial charge is 0.286 e. The van der Waals surface area contributed by atoms with E-state index < -0.39 is 9.05 Å². The zero-order chi connectivity index (χ0) is 13.5. The molecule has 0 saturated heterocycles. The van der Waals surface area contributed by atoms with Crippen molar-refractivity contribution in [2.45, 2.75) is 32.2 Å². The van der Waals surface area contributed by atoms with Gasteiger partial charge in [0.15, 0.2) is 5.03 Å². The maximum atomic E-state index is 11.8. The van der Waals surface area contributed by atoms with E-state index in [0.29, 0.717) is 23.7 Å². The molecule has 18 heavy (non-hydrogen) atoms. The Kier molecular flexibility index (Phi) is 3.38. The van der Waals surface area contributed by atoms with E-state index in [2.05, 4.69) is 4.98 Å². The lowest BCUT2D eigenvalue weighted by molar-refractivity contribution is 0.594. The SMILES string of the molecule is Cc1cccc2nc(CC(C)C)c(S(=O)(=O)Cl)n12. The molecule has 0 radical (unpaired) electrons. The average Bonchev–Trinajstić information content (AvgIpc) is 2.55. The molecule has 0 aliphatic heterocycles. The maximum absolute atomic E-state index is 11.8. The number of aryl methyl sites for hydroxylation is 1. The van der Waals surface area contributed by atoms with E-state index in [4.69, 9.17) is 10.7 Å². The van der Waals surface area contributed by atoms with Gasteiger partial charge in [-0.2, -0.15) is 0 Å². The molecule has 0 unspecified atom stereocenters. The number of nitrogens with zero attached hydrogens (tertiary/aromatic N) is 2. The van der Waals surface area contributed by atoms with Crippen molar-refractivity contribution < 1.29 is 8.42 Å². The lowest BCUT2D eigenvalue weighted by atomic mass is 10.1. The van der Waals surface area contributed by atoms with Crippen LogP contribution in [0.5, 0.6) is 0 Å². The van der Waals surface area contributed by atoms with Crippen LogP contribution in [0.25, 0.3) is 5.65 Å². The van der Waals surface area contributed by atoms with Crippen molar-refractivity contribution in [3.05, 3.63) is 29.6 Å². The Morgan fingerprint density at radius 2 is 2.06 bits per heavy atom. The highest BCUT2D eigenvalue weighted by atomic mass is 35.7. The van der Waals surface area contributed by atoms with Crippen molar-refractivity contribution in [3.63, 3.8) is 0 Å². The van der Waals surface area contributed by atoms with E-state index in [9.17, 15) is 8.42 Å². The summed E-state index contributed by atoms with van der Waals surface area (Å²) in [6.07, 6.45) is 0.586. The molecule has 0 N–H and O–H groups in total. The van der Waals surface area contributed by atoms with E-state index in [-0.39, 0.29) is 5.03 Å². The van der Waals surface area contributed by atoms with Gasteiger partial charge in [-0.25, -0.2) is 13.4 Å². The fourth-order valence-electron chi connectivity index (χ4n) is 2.04. The molecule has 0 aliphatic carbocycles. The molecule has 98 valence electrons. The minimum absolute atomic E-state index is 0.103. The minimum atomic E-state index is -3.81. The summed E-state index contributed by atoms with van der Waals surface area (Å²) in [5, 5.41) is 0.103. The number of fused-ring (bicyclic) bond motifs is 1. The average molecular weight is 287 g/mol. The maximum Gasteiger partial charge on any atom is 0.279 e. The number of halogens is 1. The van der Waals surface area contributed by atoms with Crippen molar-refractivity contribution in [2.75, 3.05) is 0 Å². The van der Waals surface area contributed by atoms with Gasteiger partial charge < -0.3 is 0 Å². The van der Waals surface area contributed by atoms with Gasteiger partial charge in [-0.1, -0.05) is 19.9 Å². The van der Waals surface area contributed by atoms with Crippen LogP contribution in [0, 0.1) is 12.8 Å². The first kappa shape index (κ1) is 13.4. The number of hydrogen-bond acceptors (Lipinski definition) is 3. The standard InChI is InChI=1S/C12H15ClN2O2S/c1-8(2)7-10-12(18(13,16)17)15-9(3)5-4-6-11(15)14-10/h4-6,8H,7H2,1-3H3. The summed E-state index contributed by atoms with van der Waals surface area (Å²) in [5.74, 6) is 0.312. The Bertz CT molecular complexity index is 689. The normalized spacial score (nSPS) is 12.5. The Morgan fingerprint density at radius 1 is 1.39 bits per heavy atom. The second-order valence-electron chi connectivity index (χ2n) is 4.76. The highest BCUT2D eigenvalue weighted by Crippen LogP contribution is 2.25. The van der Waals surface area contributed by atoms with Crippen LogP contribution < -0.4 is 0 Å². The van der Waals surface area contributed by atoms with E-state index in [0.717, 1.165) is 5.69 Å². The molecule has 4 nitrogen and oxygen atoms in total. The molecule has 0 fully saturated rings. The molecule has 2 aromatic rings. The number of hydrogen-bond donors (Lipinski definition) is 0. The number of aromatic nitrogens is 2. The molecule has 0 bridgehead atoms. The highest BCUT2D eigenvalue weighted by molar-refractivity contribution is 8.13. The fourth-order valence-corrected chi connectivity index (χ4v) is 3.38. The van der Waals surface area contributed by atoms with Gasteiger partial charge in [-0.05, 0) is 31.4 Å². The third kappa shape index (κ3) is 2.37. The summed E-state index contributed by atoms with van der Waals surface area (Å²) in [5.41, 5.74) is 1.95. The van der Waals surface area contributed by atoms with Crippen molar-refractivity contribution in [1.82, 2.24) is 9.38 Å². The van der Waals surface area contributed by atoms with Crippen LogP contribution in [-0.2, 0) is 15.5 Å². The Labute approximate surface area is 111 Å². The first-order chi connectivity index (χ1) is 8.30. The molecule has 0 atom stereocenters. The van der Waals surface area contributed by atoms with Crippen LogP contribution in [-0.4, -0.2) is 17.8 Å². The van der Waals surface area contributed by atoms with Gasteiger partial charge in [-0.3, -0.25) is 4.40 Å². The molecule has 0 aromatic carbocycles. The summed E-state index contributed by atoms with van der Waals surface area (Å²) < 4.78 is 25.1. The molecule has 0 spiro atoms. The first-order valence-electron chi connectivity index (χ1n) is 5.72. The van der Waals surface area contributed by atoms with Crippen molar-refractivity contribution in [3.8, 4) is 0 Å². The van der Waals surface area contributed by atoms with Crippen molar-refractivity contribution in [2.24, 2.45) is 5.92 Å². The van der Waals surface area contributed by atoms with Crippen molar-refractivity contribution >= 4 is 25.4 Å². The second-order valence-corrected chi connectivity index (χ2v) is 7.24. The Hall–Kier alpha value is -1.07. The second kappa shape index (κ2) is 4.55. The third-order valence-corrected chi connectivity index (χ3v) is 4.02. The summed E-state index contributed by atoms with van der Waals surface area (Å²) in [6, 6.07) is 5.46. The molecule has 0 aliphatic rings. The number of pyridine rings is 1. The quantitative estimate of drug-likeness (QED) is 0.815. The van der Waals surface area contributed by atoms with E-state index in [1.165, 1.54) is 0 Å². The molecular formula is C12H15ClN2O2S. The number of rotatable bonds is 3. The van der Waals surface area contributed by atoms with Crippen LogP contribution in [0.2, 0.25) is 0 Å². The zero-order valence-electron chi connectivity index (χ0n) is 10.5. The van der Waals surface area contributed by atoms with Gasteiger partial charge >= 0.3 is 0 Å². The molecule has 0 amide bonds. The lowest BCUT2D eigenvalue weighted by Gasteiger charge is -2.05. The molecule has 6 heteroatoms. The van der Waals surface area contributed by atoms with Gasteiger partial charge in [0.1, 0.15) is 5.65 Å². The third-order valence-electron chi connectivity index (χ3n) is 2.70. The Morgan fingerprint density at radius 3 is 2.61 bits per heavy atom. The van der Waals surface area contributed by atoms with Gasteiger partial charge in [-0.15, -0.1) is 0 Å². The van der Waals surface area contributed by atoms with Gasteiger partial charge in [0.25, 0.3) is 9.05 Å². The summed E-state index contributed by atoms with van der Waals surface area (Å²) in [6.45, 7) is 5.86. The summed E-state index contributed by atoms with van der Waals surface area (Å²) in [4.78, 5) is 4.38. The van der Waals surface area contributed by atoms with Crippen LogP contribution >= 0.6 is 10.7 Å². The smallest absolute Gasteiger partial charge is 0.279 e. The van der Waals surface area contributed by atoms with E-state index in [1.54, 1.807) is 10.5 Å². The van der Waals surface area contributed by atoms with Crippen LogP contribution in [0.15, 0.2) is 23.2 Å². The number of imidazole rings is 1. The topological polar surface area (TPSA) is 51.4 Å². The van der Waals surface area contributed by atoms with Crippen LogP contribution in [0.3, 0.4) is 0 Å². The van der Waals surface area contributed by atoms with Gasteiger partial charge in [0, 0.05) is 16.4 Å². The van der Waals surface area contributed by atoms with Gasteiger partial charge in [0.2, 0.25) is 0 Å². The van der Waals surface area contributed by atoms with Crippen LogP contribution in [0.4, 0.5) is 0 Å². The van der Waals surface area contributed by atoms with Crippen molar-refractivity contribution in [1.29, 1.82) is 0 Å². The predicted molar refractivity (Wildman–Crippen MR) is 71.5 cm³/mol. The molecule has 2 aromatic heterocycles. The summed E-state index contributed by atoms with van der Waals surface area (Å²) in [7, 11) is 1.74.